The molecule has 2 N–H and O–H groups in total. The van der Waals surface area contributed by atoms with Crippen molar-refractivity contribution in [3.63, 3.8) is 0 Å². The first-order valence-electron chi connectivity index (χ1n) is 5.78. The lowest BCUT2D eigenvalue weighted by molar-refractivity contribution is 0.414. The SMILES string of the molecule is COc1ccc(C(N)c2ccccc2SC)cc1. The molecule has 0 fully saturated rings. The van der Waals surface area contributed by atoms with E-state index in [1.54, 1.807) is 18.9 Å². The van der Waals surface area contributed by atoms with Gasteiger partial charge in [0.15, 0.2) is 0 Å². The fourth-order valence-electron chi connectivity index (χ4n) is 1.91. The van der Waals surface area contributed by atoms with Crippen LogP contribution in [0.5, 0.6) is 5.75 Å². The minimum Gasteiger partial charge on any atom is -0.497 e. The Morgan fingerprint density at radius 3 is 2.33 bits per heavy atom. The smallest absolute Gasteiger partial charge is 0.118 e. The molecule has 0 saturated carbocycles. The second-order valence-electron chi connectivity index (χ2n) is 3.99. The predicted octanol–water partition coefficient (Wildman–Crippen LogP) is 3.47. The summed E-state index contributed by atoms with van der Waals surface area (Å²) in [5, 5.41) is 0. The number of hydrogen-bond donors (Lipinski definition) is 1. The highest BCUT2D eigenvalue weighted by molar-refractivity contribution is 7.98. The van der Waals surface area contributed by atoms with Gasteiger partial charge in [-0.05, 0) is 35.6 Å². The minimum atomic E-state index is -0.0976. The molecule has 1 atom stereocenters. The first-order valence-corrected chi connectivity index (χ1v) is 7.01. The van der Waals surface area contributed by atoms with E-state index >= 15 is 0 Å². The van der Waals surface area contributed by atoms with Gasteiger partial charge in [0.1, 0.15) is 5.75 Å². The molecule has 2 aromatic rings. The van der Waals surface area contributed by atoms with E-state index in [0.29, 0.717) is 0 Å². The van der Waals surface area contributed by atoms with Crippen LogP contribution >= 0.6 is 11.8 Å². The first-order chi connectivity index (χ1) is 8.76. The number of benzene rings is 2. The number of thioether (sulfide) groups is 1. The third kappa shape index (κ3) is 2.68. The normalized spacial score (nSPS) is 12.2. The Labute approximate surface area is 112 Å². The average molecular weight is 259 g/mol. The standard InChI is InChI=1S/C15H17NOS/c1-17-12-9-7-11(8-10-12)15(16)13-5-3-4-6-14(13)18-2/h3-10,15H,16H2,1-2H3. The minimum absolute atomic E-state index is 0.0976. The summed E-state index contributed by atoms with van der Waals surface area (Å²) in [4.78, 5) is 1.22. The average Bonchev–Trinajstić information content (AvgIpc) is 2.46. The van der Waals surface area contributed by atoms with Crippen molar-refractivity contribution < 1.29 is 4.74 Å². The van der Waals surface area contributed by atoms with Crippen LogP contribution in [0, 0.1) is 0 Å². The van der Waals surface area contributed by atoms with E-state index in [9.17, 15) is 0 Å². The summed E-state index contributed by atoms with van der Waals surface area (Å²) in [5.74, 6) is 0.851. The van der Waals surface area contributed by atoms with Crippen molar-refractivity contribution in [2.75, 3.05) is 13.4 Å². The molecule has 0 aliphatic carbocycles. The maximum atomic E-state index is 6.33. The molecule has 0 saturated heterocycles. The quantitative estimate of drug-likeness (QED) is 0.854. The van der Waals surface area contributed by atoms with Gasteiger partial charge in [-0.3, -0.25) is 0 Å². The molecular weight excluding hydrogens is 242 g/mol. The van der Waals surface area contributed by atoms with E-state index in [1.807, 2.05) is 36.4 Å². The lowest BCUT2D eigenvalue weighted by atomic mass is 9.99. The van der Waals surface area contributed by atoms with E-state index in [-0.39, 0.29) is 6.04 Å². The molecule has 0 amide bonds. The van der Waals surface area contributed by atoms with Gasteiger partial charge in [-0.1, -0.05) is 30.3 Å². The van der Waals surface area contributed by atoms with Crippen molar-refractivity contribution in [2.24, 2.45) is 5.73 Å². The van der Waals surface area contributed by atoms with Gasteiger partial charge in [0.05, 0.1) is 13.2 Å². The number of methoxy groups -OCH3 is 1. The molecule has 0 heterocycles. The summed E-state index contributed by atoms with van der Waals surface area (Å²) >= 11 is 1.72. The second kappa shape index (κ2) is 5.94. The lowest BCUT2D eigenvalue weighted by Gasteiger charge is -2.16. The van der Waals surface area contributed by atoms with E-state index in [0.717, 1.165) is 16.9 Å². The summed E-state index contributed by atoms with van der Waals surface area (Å²) in [6, 6.07) is 16.1. The largest absolute Gasteiger partial charge is 0.497 e. The maximum absolute atomic E-state index is 6.33. The fraction of sp³-hybridized carbons (Fsp3) is 0.200. The van der Waals surface area contributed by atoms with Crippen LogP contribution in [0.25, 0.3) is 0 Å². The van der Waals surface area contributed by atoms with Crippen LogP contribution in [0.2, 0.25) is 0 Å². The zero-order valence-corrected chi connectivity index (χ0v) is 11.4. The van der Waals surface area contributed by atoms with Crippen LogP contribution < -0.4 is 10.5 Å². The second-order valence-corrected chi connectivity index (χ2v) is 4.84. The Morgan fingerprint density at radius 2 is 1.72 bits per heavy atom. The number of ether oxygens (including phenoxy) is 1. The summed E-state index contributed by atoms with van der Waals surface area (Å²) in [5.41, 5.74) is 8.59. The first kappa shape index (κ1) is 13.0. The van der Waals surface area contributed by atoms with Gasteiger partial charge in [0, 0.05) is 4.90 Å². The van der Waals surface area contributed by atoms with Crippen LogP contribution in [0.4, 0.5) is 0 Å². The highest BCUT2D eigenvalue weighted by atomic mass is 32.2. The molecule has 18 heavy (non-hydrogen) atoms. The Kier molecular flexibility index (Phi) is 4.28. The van der Waals surface area contributed by atoms with Crippen LogP contribution in [0.1, 0.15) is 17.2 Å². The van der Waals surface area contributed by atoms with Crippen molar-refractivity contribution in [1.29, 1.82) is 0 Å². The van der Waals surface area contributed by atoms with Gasteiger partial charge >= 0.3 is 0 Å². The van der Waals surface area contributed by atoms with Gasteiger partial charge in [-0.15, -0.1) is 11.8 Å². The van der Waals surface area contributed by atoms with E-state index in [2.05, 4.69) is 18.4 Å². The highest BCUT2D eigenvalue weighted by Crippen LogP contribution is 2.29. The lowest BCUT2D eigenvalue weighted by Crippen LogP contribution is -2.12. The molecule has 0 bridgehead atoms. The fourth-order valence-corrected chi connectivity index (χ4v) is 2.56. The summed E-state index contributed by atoms with van der Waals surface area (Å²) in [6.45, 7) is 0. The molecule has 0 aliphatic heterocycles. The molecule has 1 unspecified atom stereocenters. The molecule has 0 radical (unpaired) electrons. The Morgan fingerprint density at radius 1 is 1.06 bits per heavy atom. The van der Waals surface area contributed by atoms with Crippen molar-refractivity contribution in [1.82, 2.24) is 0 Å². The number of rotatable bonds is 4. The molecular formula is C15H17NOS. The van der Waals surface area contributed by atoms with Crippen LogP contribution in [-0.2, 0) is 0 Å². The molecule has 94 valence electrons. The van der Waals surface area contributed by atoms with E-state index < -0.39 is 0 Å². The van der Waals surface area contributed by atoms with Crippen LogP contribution in [0.3, 0.4) is 0 Å². The van der Waals surface area contributed by atoms with Gasteiger partial charge in [-0.25, -0.2) is 0 Å². The molecule has 2 nitrogen and oxygen atoms in total. The third-order valence-electron chi connectivity index (χ3n) is 2.95. The molecule has 3 heteroatoms. The molecule has 0 aliphatic rings. The van der Waals surface area contributed by atoms with Gasteiger partial charge in [0.25, 0.3) is 0 Å². The highest BCUT2D eigenvalue weighted by Gasteiger charge is 2.12. The van der Waals surface area contributed by atoms with Crippen molar-refractivity contribution in [3.05, 3.63) is 59.7 Å². The molecule has 2 rings (SSSR count). The summed E-state index contributed by atoms with van der Waals surface area (Å²) in [6.07, 6.45) is 2.07. The van der Waals surface area contributed by atoms with E-state index in [4.69, 9.17) is 10.5 Å². The van der Waals surface area contributed by atoms with Gasteiger partial charge < -0.3 is 10.5 Å². The summed E-state index contributed by atoms with van der Waals surface area (Å²) < 4.78 is 5.15. The zero-order chi connectivity index (χ0) is 13.0. The van der Waals surface area contributed by atoms with Crippen molar-refractivity contribution >= 4 is 11.8 Å². The Balaban J connectivity index is 2.31. The van der Waals surface area contributed by atoms with Crippen molar-refractivity contribution in [3.8, 4) is 5.75 Å². The Bertz CT molecular complexity index is 510. The molecule has 0 spiro atoms. The molecule has 0 aromatic heterocycles. The van der Waals surface area contributed by atoms with Crippen LogP contribution in [0.15, 0.2) is 53.4 Å². The zero-order valence-electron chi connectivity index (χ0n) is 10.6. The third-order valence-corrected chi connectivity index (χ3v) is 3.76. The van der Waals surface area contributed by atoms with Gasteiger partial charge in [-0.2, -0.15) is 0 Å². The number of nitrogens with two attached hydrogens (primary N) is 1. The topological polar surface area (TPSA) is 35.2 Å². The van der Waals surface area contributed by atoms with E-state index in [1.165, 1.54) is 4.90 Å². The number of hydrogen-bond acceptors (Lipinski definition) is 3. The van der Waals surface area contributed by atoms with Gasteiger partial charge in [0.2, 0.25) is 0 Å². The molecule has 2 aromatic carbocycles. The summed E-state index contributed by atoms with van der Waals surface area (Å²) in [7, 11) is 1.66. The predicted molar refractivity (Wildman–Crippen MR) is 77.2 cm³/mol. The Hall–Kier alpha value is -1.45. The monoisotopic (exact) mass is 259 g/mol. The maximum Gasteiger partial charge on any atom is 0.118 e. The van der Waals surface area contributed by atoms with Crippen LogP contribution in [-0.4, -0.2) is 13.4 Å². The van der Waals surface area contributed by atoms with Crippen molar-refractivity contribution in [2.45, 2.75) is 10.9 Å².